The number of hydrogen-bond donors (Lipinski definition) is 7. The lowest BCUT2D eigenvalue weighted by Crippen LogP contribution is -2.57. The number of aromatic nitrogens is 9. The molecule has 7 amide bonds. The lowest BCUT2D eigenvalue weighted by molar-refractivity contribution is -0.126. The van der Waals surface area contributed by atoms with Crippen molar-refractivity contribution in [3.63, 3.8) is 0 Å². The molecule has 7 N–H and O–H groups in total. The lowest BCUT2D eigenvalue weighted by Gasteiger charge is -2.36. The van der Waals surface area contributed by atoms with Crippen molar-refractivity contribution in [3.05, 3.63) is 48.3 Å². The fourth-order valence-corrected chi connectivity index (χ4v) is 12.4. The third-order valence-electron chi connectivity index (χ3n) is 18.6. The molecule has 0 saturated heterocycles. The molecule has 3 rings (SSSR count). The minimum absolute atomic E-state index is 0.0105. The molecule has 0 aromatic carbocycles. The molecule has 0 radical (unpaired) electrons. The third-order valence-corrected chi connectivity index (χ3v) is 22.0. The highest BCUT2D eigenvalue weighted by atomic mass is 79.9. The highest BCUT2D eigenvalue weighted by molar-refractivity contribution is 9.11. The van der Waals surface area contributed by atoms with Crippen molar-refractivity contribution in [1.82, 2.24) is 82.2 Å². The number of Topliss-reactive ketones (excluding diaryl/α,β-unsaturated/α-hetero) is 2. The van der Waals surface area contributed by atoms with Crippen LogP contribution in [0.2, 0.25) is 0 Å². The predicted molar refractivity (Wildman–Crippen MR) is 490 cm³/mol. The lowest BCUT2D eigenvalue weighted by atomic mass is 9.81. The van der Waals surface area contributed by atoms with E-state index in [0.29, 0.717) is 50.1 Å². The summed E-state index contributed by atoms with van der Waals surface area (Å²) in [6.07, 6.45) is 7.31. The number of ketones is 2. The number of rotatable bonds is 63. The normalized spacial score (nSPS) is 13.2. The van der Waals surface area contributed by atoms with Gasteiger partial charge in [0.15, 0.2) is 0 Å². The number of carbonyl (C=O) groups excluding carboxylic acids is 9. The number of ether oxygens (including phenoxy) is 8. The van der Waals surface area contributed by atoms with Crippen LogP contribution >= 0.6 is 143 Å². The van der Waals surface area contributed by atoms with Gasteiger partial charge in [-0.15, -0.1) is 21.9 Å². The Labute approximate surface area is 783 Å². The number of nitrogens with zero attached hydrogens (tertiary/aromatic N) is 9. The SMILES string of the molecule is C=CCOCCOCCOCCOCCOCC(Cn1cc(COCC(CCC(=O)C(C)(C)Br)(CNC(=O)C(C)(C)Br)CNC(=O)C(C)(C)Br)nn1)(Cn1cc(COCC(CCC(=O)C(C)(C)Br)(CNC(=O)C(C)(C)Br)CNC(=O)C(C)(C)Br)nn1)Cn1cc(COCC(CNC(=O)C(C)(C)Br)(CNC(=O)C(C)(C)Br)CNC(=O)C(C)(C)Br)nn1. The average molecular weight is 2280 g/mol. The van der Waals surface area contributed by atoms with E-state index in [0.717, 1.165) is 0 Å². The van der Waals surface area contributed by atoms with Gasteiger partial charge >= 0.3 is 0 Å². The van der Waals surface area contributed by atoms with Crippen molar-refractivity contribution >= 4 is 196 Å². The van der Waals surface area contributed by atoms with Crippen LogP contribution in [0.1, 0.15) is 167 Å². The second-order valence-corrected chi connectivity index (χ2v) is 52.7. The number of carbonyl (C=O) groups is 9. The van der Waals surface area contributed by atoms with Gasteiger partial charge in [-0.05, 0) is 137 Å². The molecule has 0 saturated carbocycles. The van der Waals surface area contributed by atoms with Crippen LogP contribution in [0.3, 0.4) is 0 Å². The Balaban J connectivity index is 2.32. The summed E-state index contributed by atoms with van der Waals surface area (Å²) in [7, 11) is 0. The first-order chi connectivity index (χ1) is 55.2. The van der Waals surface area contributed by atoms with Crippen LogP contribution in [-0.2, 0) is 121 Å². The van der Waals surface area contributed by atoms with E-state index in [1.165, 1.54) is 0 Å². The summed E-state index contributed by atoms with van der Waals surface area (Å²) in [5.41, 5.74) is -3.23. The van der Waals surface area contributed by atoms with Crippen molar-refractivity contribution in [1.29, 1.82) is 0 Å². The van der Waals surface area contributed by atoms with E-state index < -0.39 is 60.6 Å². The monoisotopic (exact) mass is 2270 g/mol. The number of amides is 7. The summed E-state index contributed by atoms with van der Waals surface area (Å²) in [5, 5.41) is 48.8. The van der Waals surface area contributed by atoms with Gasteiger partial charge in [0.1, 0.15) is 28.6 Å². The second-order valence-electron chi connectivity index (χ2n) is 34.8. The molecule has 0 aliphatic heterocycles. The fourth-order valence-electron chi connectivity index (χ4n) is 11.0. The number of hydrogen-bond acceptors (Lipinski definition) is 23. The van der Waals surface area contributed by atoms with Gasteiger partial charge in [0, 0.05) is 74.9 Å². The van der Waals surface area contributed by atoms with Gasteiger partial charge in [-0.25, -0.2) is 0 Å². The molecule has 33 nitrogen and oxygen atoms in total. The van der Waals surface area contributed by atoms with Gasteiger partial charge in [0.25, 0.3) is 0 Å². The molecular formula is C78H127Br9N16O17. The minimum atomic E-state index is -1.15. The summed E-state index contributed by atoms with van der Waals surface area (Å²) in [4.78, 5) is 122. The van der Waals surface area contributed by atoms with Crippen molar-refractivity contribution < 1.29 is 81.0 Å². The van der Waals surface area contributed by atoms with E-state index >= 15 is 0 Å². The van der Waals surface area contributed by atoms with Gasteiger partial charge < -0.3 is 75.1 Å². The van der Waals surface area contributed by atoms with Gasteiger partial charge in [0.05, 0.1) is 188 Å². The molecule has 120 heavy (non-hydrogen) atoms. The molecule has 684 valence electrons. The van der Waals surface area contributed by atoms with Crippen LogP contribution < -0.4 is 37.2 Å². The zero-order valence-corrected chi connectivity index (χ0v) is 86.9. The molecule has 0 aliphatic carbocycles. The van der Waals surface area contributed by atoms with Crippen molar-refractivity contribution in [2.75, 3.05) is 132 Å². The van der Waals surface area contributed by atoms with Crippen LogP contribution in [0, 0.1) is 21.7 Å². The molecule has 3 heterocycles. The Kier molecular flexibility index (Phi) is 46.2. The van der Waals surface area contributed by atoms with E-state index in [1.54, 1.807) is 163 Å². The highest BCUT2D eigenvalue weighted by Gasteiger charge is 2.43. The first-order valence-corrected chi connectivity index (χ1v) is 46.5. The van der Waals surface area contributed by atoms with Gasteiger partial charge in [0.2, 0.25) is 41.4 Å². The Morgan fingerprint density at radius 3 is 0.767 bits per heavy atom. The molecule has 3 aromatic heterocycles. The molecule has 0 fully saturated rings. The topological polar surface area (TPSA) is 404 Å². The van der Waals surface area contributed by atoms with E-state index in [-0.39, 0.29) is 217 Å². The molecule has 0 spiro atoms. The quantitative estimate of drug-likeness (QED) is 0.0157. The maximum atomic E-state index is 13.6. The number of nitrogens with one attached hydrogen (secondary N) is 7. The zero-order chi connectivity index (χ0) is 91.1. The average Bonchev–Trinajstić information content (AvgIpc) is 1.55. The molecule has 0 bridgehead atoms. The van der Waals surface area contributed by atoms with Crippen LogP contribution in [0.4, 0.5) is 0 Å². The third kappa shape index (κ3) is 43.1. The van der Waals surface area contributed by atoms with Gasteiger partial charge in [-0.2, -0.15) is 0 Å². The summed E-state index contributed by atoms with van der Waals surface area (Å²) in [6.45, 7) is 36.6. The van der Waals surface area contributed by atoms with E-state index in [9.17, 15) is 43.2 Å². The second kappa shape index (κ2) is 49.9. The molecular weight excluding hydrogens is 2150 g/mol. The Morgan fingerprint density at radius 2 is 0.533 bits per heavy atom. The summed E-state index contributed by atoms with van der Waals surface area (Å²) < 4.78 is 45.3. The van der Waals surface area contributed by atoms with Crippen LogP contribution in [-0.4, -0.2) is 269 Å². The molecule has 0 atom stereocenters. The first kappa shape index (κ1) is 111. The zero-order valence-electron chi connectivity index (χ0n) is 72.6. The maximum Gasteiger partial charge on any atom is 0.236 e. The Hall–Kier alpha value is -3.21. The standard InChI is InChI=1S/C78H127Br9N16O17/c1-20-25-113-26-27-114-28-29-115-30-31-116-32-33-117-53-78(47-101-34-54(95-98-101)37-118-50-75(23-21-57(104)66(2,3)79,40-88-59(106)68(6,7)81)41-89-60(107)69(8,9)82,48-102-35-55(96-99-102)38-119-51-76(24-22-58(105)67(4,5)80,42-90-61(108)70(10,11)83)43-91-62(109)71(12,13)84)49-103-36-56(97-100-103)39-120-52-77(44-92-63(110)72(14,15)85,45-93-64(111)73(16,17)86)46-94-65(112)74(18,19)87/h20,34-36H,1,21-33,37-53H2,2-19H3,(H,88,106)(H,89,107)(H,90,108)(H,91,109)(H,92,110)(H,93,111)(H,94,112). The van der Waals surface area contributed by atoms with Crippen molar-refractivity contribution in [2.24, 2.45) is 21.7 Å². The summed E-state index contributed by atoms with van der Waals surface area (Å²) in [5.74, 6) is -2.58. The van der Waals surface area contributed by atoms with Gasteiger partial charge in [-0.3, -0.25) is 57.2 Å². The van der Waals surface area contributed by atoms with Crippen molar-refractivity contribution in [3.8, 4) is 0 Å². The predicted octanol–water partition coefficient (Wildman–Crippen LogP) is 9.70. The van der Waals surface area contributed by atoms with Crippen LogP contribution in [0.5, 0.6) is 0 Å². The molecule has 0 unspecified atom stereocenters. The van der Waals surface area contributed by atoms with Crippen molar-refractivity contribution in [2.45, 2.75) is 229 Å². The Morgan fingerprint density at radius 1 is 0.317 bits per heavy atom. The largest absolute Gasteiger partial charge is 0.378 e. The molecule has 0 aliphatic rings. The van der Waals surface area contributed by atoms with E-state index in [2.05, 4.69) is 218 Å². The molecule has 3 aromatic rings. The summed E-state index contributed by atoms with van der Waals surface area (Å²) in [6, 6.07) is 0. The van der Waals surface area contributed by atoms with E-state index in [4.69, 9.17) is 37.9 Å². The van der Waals surface area contributed by atoms with Gasteiger partial charge in [-0.1, -0.05) is 165 Å². The summed E-state index contributed by atoms with van der Waals surface area (Å²) >= 11 is 31.2. The number of halogens is 9. The van der Waals surface area contributed by atoms with Crippen LogP contribution in [0.25, 0.3) is 0 Å². The maximum absolute atomic E-state index is 13.6. The van der Waals surface area contributed by atoms with E-state index in [1.807, 2.05) is 0 Å². The first-order valence-electron chi connectivity index (χ1n) is 39.3. The van der Waals surface area contributed by atoms with Crippen LogP contribution in [0.15, 0.2) is 31.2 Å². The Bertz CT molecular complexity index is 3180. The molecule has 42 heteroatoms. The number of alkyl halides is 9. The highest BCUT2D eigenvalue weighted by Crippen LogP contribution is 2.34. The smallest absolute Gasteiger partial charge is 0.236 e. The minimum Gasteiger partial charge on any atom is -0.378 e. The fraction of sp³-hybridized carbons (Fsp3) is 0.782.